The molecule has 0 fully saturated rings. The van der Waals surface area contributed by atoms with Crippen molar-refractivity contribution in [2.45, 2.75) is 31.9 Å². The molecule has 0 saturated heterocycles. The van der Waals surface area contributed by atoms with Crippen LogP contribution in [-0.2, 0) is 5.67 Å². The van der Waals surface area contributed by atoms with Crippen molar-refractivity contribution in [1.29, 1.82) is 0 Å². The molecule has 3 rings (SSSR count). The molecule has 0 saturated carbocycles. The molecule has 0 unspecified atom stereocenters. The molecular weight excluding hydrogens is 545 g/mol. The molecule has 40 heavy (non-hydrogen) atoms. The van der Waals surface area contributed by atoms with Gasteiger partial charge in [-0.15, -0.1) is 0 Å². The summed E-state index contributed by atoms with van der Waals surface area (Å²) in [7, 11) is 1.46. The number of anilines is 1. The zero-order valence-electron chi connectivity index (χ0n) is 21.5. The molecule has 0 aliphatic rings. The first-order chi connectivity index (χ1) is 18.6. The fourth-order valence-corrected chi connectivity index (χ4v) is 4.53. The van der Waals surface area contributed by atoms with Crippen LogP contribution in [0.5, 0.6) is 0 Å². The summed E-state index contributed by atoms with van der Waals surface area (Å²) in [5.41, 5.74) is -6.50. The van der Waals surface area contributed by atoms with Gasteiger partial charge >= 0.3 is 18.0 Å². The monoisotopic (exact) mass is 570 g/mol. The van der Waals surface area contributed by atoms with Crippen molar-refractivity contribution < 1.29 is 45.4 Å². The third-order valence-electron chi connectivity index (χ3n) is 6.33. The molecule has 0 aliphatic heterocycles. The summed E-state index contributed by atoms with van der Waals surface area (Å²) in [6.07, 6.45) is -12.6. The molecule has 0 spiro atoms. The average Bonchev–Trinajstić information content (AvgIpc) is 2.89. The minimum absolute atomic E-state index is 0.0611. The van der Waals surface area contributed by atoms with Gasteiger partial charge in [-0.3, -0.25) is 9.59 Å². The van der Waals surface area contributed by atoms with Crippen LogP contribution in [0.4, 0.5) is 36.4 Å². The first-order valence-corrected chi connectivity index (χ1v) is 11.9. The molecule has 0 atom stereocenters. The van der Waals surface area contributed by atoms with E-state index in [1.54, 1.807) is 30.3 Å². The zero-order valence-corrected chi connectivity index (χ0v) is 21.5. The van der Waals surface area contributed by atoms with E-state index in [0.29, 0.717) is 28.8 Å². The second kappa shape index (κ2) is 11.3. The molecule has 0 bridgehead atoms. The van der Waals surface area contributed by atoms with Crippen LogP contribution in [0.1, 0.15) is 37.4 Å². The topological polar surface area (TPSA) is 69.6 Å². The number of halogens is 7. The van der Waals surface area contributed by atoms with E-state index in [-0.39, 0.29) is 34.8 Å². The molecule has 214 valence electrons. The maximum atomic E-state index is 14.7. The average molecular weight is 571 g/mol. The molecule has 3 aromatic carbocycles. The summed E-state index contributed by atoms with van der Waals surface area (Å²) >= 11 is 0. The van der Waals surface area contributed by atoms with E-state index < -0.39 is 36.1 Å². The van der Waals surface area contributed by atoms with Crippen molar-refractivity contribution in [1.82, 2.24) is 5.32 Å². The summed E-state index contributed by atoms with van der Waals surface area (Å²) in [6.45, 7) is 1.33. The minimum atomic E-state index is -6.29. The number of aryl methyl sites for hydroxylation is 2. The summed E-state index contributed by atoms with van der Waals surface area (Å²) in [4.78, 5) is 26.9. The number of aliphatic hydroxyl groups excluding tert-OH is 1. The lowest BCUT2D eigenvalue weighted by Crippen LogP contribution is -2.50. The Labute approximate surface area is 225 Å². The Morgan fingerprint density at radius 2 is 1.43 bits per heavy atom. The zero-order chi connectivity index (χ0) is 30.0. The fraction of sp³-hybridized carbons (Fsp3) is 0.286. The number of carbonyl (C=O) groups excluding carboxylic acids is 2. The third kappa shape index (κ3) is 5.53. The lowest BCUT2D eigenvalue weighted by atomic mass is 9.90. The molecule has 12 heteroatoms. The molecule has 2 amide bonds. The highest BCUT2D eigenvalue weighted by atomic mass is 19.4. The van der Waals surface area contributed by atoms with Gasteiger partial charge in [0.1, 0.15) is 0 Å². The number of benzene rings is 3. The van der Waals surface area contributed by atoms with E-state index >= 15 is 0 Å². The smallest absolute Gasteiger partial charge is 0.395 e. The lowest BCUT2D eigenvalue weighted by molar-refractivity contribution is -0.348. The molecular formula is C28H25F7N2O3. The highest BCUT2D eigenvalue weighted by molar-refractivity contribution is 6.08. The van der Waals surface area contributed by atoms with E-state index in [9.17, 15) is 45.4 Å². The van der Waals surface area contributed by atoms with Crippen LogP contribution < -0.4 is 10.2 Å². The molecule has 5 nitrogen and oxygen atoms in total. The van der Waals surface area contributed by atoms with Gasteiger partial charge in [0.2, 0.25) is 0 Å². The number of alkyl halides is 7. The van der Waals surface area contributed by atoms with Gasteiger partial charge in [0.25, 0.3) is 11.8 Å². The van der Waals surface area contributed by atoms with Crippen molar-refractivity contribution in [3.63, 3.8) is 0 Å². The number of carbonyl (C=O) groups is 2. The van der Waals surface area contributed by atoms with Crippen molar-refractivity contribution in [3.8, 4) is 11.1 Å². The van der Waals surface area contributed by atoms with E-state index in [4.69, 9.17) is 0 Å². The maximum absolute atomic E-state index is 14.7. The van der Waals surface area contributed by atoms with Gasteiger partial charge < -0.3 is 15.3 Å². The molecule has 2 N–H and O–H groups in total. The summed E-state index contributed by atoms with van der Waals surface area (Å²) in [6, 6.07) is 13.5. The number of hydrogen-bond acceptors (Lipinski definition) is 3. The summed E-state index contributed by atoms with van der Waals surface area (Å²) < 4.78 is 94.8. The minimum Gasteiger partial charge on any atom is -0.395 e. The Morgan fingerprint density at radius 3 is 1.95 bits per heavy atom. The van der Waals surface area contributed by atoms with Crippen LogP contribution in [0.25, 0.3) is 11.1 Å². The molecule has 0 radical (unpaired) electrons. The van der Waals surface area contributed by atoms with E-state index in [2.05, 4.69) is 5.32 Å². The van der Waals surface area contributed by atoms with Crippen LogP contribution in [0.3, 0.4) is 0 Å². The van der Waals surface area contributed by atoms with Crippen LogP contribution in [0, 0.1) is 13.8 Å². The Morgan fingerprint density at radius 1 is 0.850 bits per heavy atom. The number of nitrogens with zero attached hydrogens (tertiary/aromatic N) is 1. The largest absolute Gasteiger partial charge is 0.435 e. The Kier molecular flexibility index (Phi) is 8.63. The van der Waals surface area contributed by atoms with E-state index in [1.807, 2.05) is 0 Å². The van der Waals surface area contributed by atoms with Gasteiger partial charge in [0, 0.05) is 36.0 Å². The third-order valence-corrected chi connectivity index (χ3v) is 6.33. The Balaban J connectivity index is 2.12. The highest BCUT2D eigenvalue weighted by Gasteiger charge is 2.73. The first kappa shape index (κ1) is 30.6. The second-order valence-electron chi connectivity index (χ2n) is 9.00. The predicted octanol–water partition coefficient (Wildman–Crippen LogP) is 6.26. The Hall–Kier alpha value is -3.93. The number of nitrogens with one attached hydrogen (secondary N) is 1. The normalized spacial score (nSPS) is 12.3. The second-order valence-corrected chi connectivity index (χ2v) is 9.00. The number of hydrogen-bond donors (Lipinski definition) is 2. The number of aliphatic hydroxyl groups is 1. The number of rotatable bonds is 7. The Bertz CT molecular complexity index is 1380. The fourth-order valence-electron chi connectivity index (χ4n) is 4.53. The van der Waals surface area contributed by atoms with E-state index in [1.165, 1.54) is 25.2 Å². The summed E-state index contributed by atoms with van der Waals surface area (Å²) in [5.74, 6) is -1.10. The molecule has 3 aromatic rings. The maximum Gasteiger partial charge on any atom is 0.435 e. The van der Waals surface area contributed by atoms with Crippen molar-refractivity contribution in [2.24, 2.45) is 0 Å². The van der Waals surface area contributed by atoms with Gasteiger partial charge in [-0.05, 0) is 54.3 Å². The van der Waals surface area contributed by atoms with Gasteiger partial charge in [0.05, 0.1) is 6.61 Å². The van der Waals surface area contributed by atoms with Gasteiger partial charge in [-0.25, -0.2) is 4.39 Å². The molecule has 0 aromatic heterocycles. The first-order valence-electron chi connectivity index (χ1n) is 11.9. The molecule has 0 aliphatic carbocycles. The van der Waals surface area contributed by atoms with Gasteiger partial charge in [-0.1, -0.05) is 42.5 Å². The lowest BCUT2D eigenvalue weighted by Gasteiger charge is -2.32. The van der Waals surface area contributed by atoms with Gasteiger partial charge in [-0.2, -0.15) is 26.3 Å². The van der Waals surface area contributed by atoms with Crippen LogP contribution >= 0.6 is 0 Å². The van der Waals surface area contributed by atoms with E-state index in [0.717, 1.165) is 18.7 Å². The quantitative estimate of drug-likeness (QED) is 0.330. The SMILES string of the molecule is CNC(=O)c1ccccc1-c1cccc(C(=O)N(CCO)c2c(C)cc(C(F)(C(F)(F)F)C(F)(F)F)cc2C)c1. The molecule has 0 heterocycles. The highest BCUT2D eigenvalue weighted by Crippen LogP contribution is 2.54. The predicted molar refractivity (Wildman–Crippen MR) is 135 cm³/mol. The van der Waals surface area contributed by atoms with Crippen LogP contribution in [0.15, 0.2) is 60.7 Å². The van der Waals surface area contributed by atoms with Gasteiger partial charge in [0.15, 0.2) is 0 Å². The number of amides is 2. The van der Waals surface area contributed by atoms with Crippen molar-refractivity contribution >= 4 is 17.5 Å². The standard InChI is InChI=1S/C28H25F7N2O3/c1-16-13-20(26(29,27(30,31)32)28(33,34)35)14-17(2)23(16)37(11-12-38)25(40)19-8-6-7-18(15-19)21-9-4-5-10-22(21)24(39)36-3/h4-10,13-15,38H,11-12H2,1-3H3,(H,36,39). The van der Waals surface area contributed by atoms with Crippen molar-refractivity contribution in [2.75, 3.05) is 25.1 Å². The van der Waals surface area contributed by atoms with Crippen molar-refractivity contribution in [3.05, 3.63) is 88.5 Å². The van der Waals surface area contributed by atoms with Crippen LogP contribution in [-0.4, -0.2) is 49.5 Å². The summed E-state index contributed by atoms with van der Waals surface area (Å²) in [5, 5.41) is 12.2. The van der Waals surface area contributed by atoms with Crippen LogP contribution in [0.2, 0.25) is 0 Å².